The summed E-state index contributed by atoms with van der Waals surface area (Å²) in [5, 5.41) is 11.1. The number of benzene rings is 4. The summed E-state index contributed by atoms with van der Waals surface area (Å²) in [4.78, 5) is 27.9. The highest BCUT2D eigenvalue weighted by atomic mass is 32.2. The van der Waals surface area contributed by atoms with Gasteiger partial charge in [-0.25, -0.2) is 23.1 Å². The summed E-state index contributed by atoms with van der Waals surface area (Å²) in [5.74, 6) is -1.01. The number of sulfone groups is 1. The van der Waals surface area contributed by atoms with Crippen LogP contribution in [0.4, 0.5) is 0 Å². The van der Waals surface area contributed by atoms with Crippen molar-refractivity contribution in [3.05, 3.63) is 114 Å². The molecule has 0 amide bonds. The van der Waals surface area contributed by atoms with Crippen molar-refractivity contribution in [2.45, 2.75) is 23.5 Å². The van der Waals surface area contributed by atoms with Crippen LogP contribution in [0.15, 0.2) is 108 Å². The van der Waals surface area contributed by atoms with E-state index in [1.165, 1.54) is 24.7 Å². The number of carbonyl (C=O) groups is 1. The van der Waals surface area contributed by atoms with Crippen molar-refractivity contribution in [3.63, 3.8) is 0 Å². The minimum atomic E-state index is -3.43. The van der Waals surface area contributed by atoms with Gasteiger partial charge in [0.25, 0.3) is 0 Å². The molecule has 0 aliphatic heterocycles. The molecule has 0 saturated heterocycles. The molecule has 0 unspecified atom stereocenters. The Hall–Kier alpha value is -4.39. The van der Waals surface area contributed by atoms with Crippen molar-refractivity contribution in [1.82, 2.24) is 9.97 Å². The minimum absolute atomic E-state index is 0.179. The van der Waals surface area contributed by atoms with E-state index >= 15 is 0 Å². The Morgan fingerprint density at radius 1 is 0.872 bits per heavy atom. The minimum Gasteiger partial charge on any atom is -0.478 e. The van der Waals surface area contributed by atoms with Gasteiger partial charge >= 0.3 is 5.97 Å². The summed E-state index contributed by atoms with van der Waals surface area (Å²) >= 11 is 2.57. The highest BCUT2D eigenvalue weighted by Gasteiger charge is 2.33. The summed E-state index contributed by atoms with van der Waals surface area (Å²) < 4.78 is 29.5. The van der Waals surface area contributed by atoms with Crippen molar-refractivity contribution >= 4 is 50.1 Å². The largest absolute Gasteiger partial charge is 0.478 e. The molecule has 0 aliphatic carbocycles. The van der Waals surface area contributed by atoms with E-state index in [1.54, 1.807) is 38.2 Å². The molecule has 0 saturated carbocycles. The Labute approximate surface area is 281 Å². The lowest BCUT2D eigenvalue weighted by Gasteiger charge is -2.24. The fraction of sp³-hybridized carbons (Fsp3) is 0.139. The van der Waals surface area contributed by atoms with Gasteiger partial charge < -0.3 is 5.11 Å². The fourth-order valence-electron chi connectivity index (χ4n) is 5.16. The van der Waals surface area contributed by atoms with Crippen molar-refractivity contribution in [1.29, 1.82) is 0 Å². The van der Waals surface area contributed by atoms with E-state index in [0.717, 1.165) is 60.7 Å². The first-order chi connectivity index (χ1) is 22.5. The van der Waals surface area contributed by atoms with E-state index in [9.17, 15) is 18.3 Å². The van der Waals surface area contributed by atoms with E-state index in [0.29, 0.717) is 16.1 Å². The Morgan fingerprint density at radius 2 is 1.60 bits per heavy atom. The quantitative estimate of drug-likeness (QED) is 0.0859. The van der Waals surface area contributed by atoms with Crippen molar-refractivity contribution in [2.75, 3.05) is 13.4 Å². The molecule has 238 valence electrons. The zero-order chi connectivity index (χ0) is 33.3. The van der Waals surface area contributed by atoms with Crippen LogP contribution in [0.2, 0.25) is 0 Å². The monoisotopic (exact) mass is 682 g/mol. The fourth-order valence-corrected chi connectivity index (χ4v) is 7.18. The first kappa shape index (κ1) is 32.5. The van der Waals surface area contributed by atoms with Gasteiger partial charge in [0.05, 0.1) is 45.6 Å². The van der Waals surface area contributed by atoms with Crippen LogP contribution in [0.3, 0.4) is 0 Å². The van der Waals surface area contributed by atoms with Crippen LogP contribution in [0, 0.1) is 0 Å². The SMILES string of the molecule is COOSc1ccc(-c2nc(-c3cccc(C(=O)O)c3)sc2-c2cccc(-c3cc(C(C)(C)S(C)(=O)=O)cc4cccnc34)c2)cc1. The lowest BCUT2D eigenvalue weighted by atomic mass is 9.92. The maximum Gasteiger partial charge on any atom is 0.335 e. The highest BCUT2D eigenvalue weighted by Crippen LogP contribution is 2.43. The van der Waals surface area contributed by atoms with E-state index in [2.05, 4.69) is 11.1 Å². The van der Waals surface area contributed by atoms with Gasteiger partial charge in [0, 0.05) is 39.4 Å². The van der Waals surface area contributed by atoms with Gasteiger partial charge in [-0.15, -0.1) is 11.3 Å². The van der Waals surface area contributed by atoms with Gasteiger partial charge in [-0.05, 0) is 79.1 Å². The first-order valence-electron chi connectivity index (χ1n) is 14.5. The number of fused-ring (bicyclic) bond motifs is 1. The average Bonchev–Trinajstić information content (AvgIpc) is 3.52. The number of carboxylic acid groups (broad SMARTS) is 1. The molecule has 0 fully saturated rings. The van der Waals surface area contributed by atoms with Gasteiger partial charge in [0.1, 0.15) is 5.01 Å². The summed E-state index contributed by atoms with van der Waals surface area (Å²) in [5.41, 5.74) is 6.51. The number of thiazole rings is 1. The Balaban J connectivity index is 1.53. The molecule has 0 bridgehead atoms. The Bertz CT molecular complexity index is 2230. The normalized spacial score (nSPS) is 12.0. The number of aromatic carboxylic acids is 1. The Morgan fingerprint density at radius 3 is 2.32 bits per heavy atom. The third kappa shape index (κ3) is 6.58. The zero-order valence-corrected chi connectivity index (χ0v) is 28.4. The number of rotatable bonds is 10. The first-order valence-corrected chi connectivity index (χ1v) is 17.9. The van der Waals surface area contributed by atoms with Gasteiger partial charge in [-0.2, -0.15) is 4.33 Å². The standard InChI is InChI=1S/C36H30N2O6S3/c1-36(2,47(4,41)42)28-20-24-12-7-17-37-31(24)30(21-28)23-8-5-9-25(18-23)33-32(22-13-15-29(16-14-22)46-44-43-3)38-34(45-33)26-10-6-11-27(19-26)35(39)40/h5-21H,1-4H3,(H,39,40). The van der Waals surface area contributed by atoms with Gasteiger partial charge in [0.2, 0.25) is 0 Å². The number of hydrogen-bond donors (Lipinski definition) is 1. The second kappa shape index (κ2) is 13.0. The van der Waals surface area contributed by atoms with Crippen molar-refractivity contribution < 1.29 is 27.5 Å². The lowest BCUT2D eigenvalue weighted by molar-refractivity contribution is -0.160. The maximum atomic E-state index is 12.8. The molecule has 11 heteroatoms. The second-order valence-electron chi connectivity index (χ2n) is 11.4. The summed E-state index contributed by atoms with van der Waals surface area (Å²) in [7, 11) is -1.99. The van der Waals surface area contributed by atoms with Crippen LogP contribution in [0.5, 0.6) is 0 Å². The number of aromatic nitrogens is 2. The van der Waals surface area contributed by atoms with Crippen LogP contribution in [0.1, 0.15) is 29.8 Å². The molecule has 47 heavy (non-hydrogen) atoms. The predicted molar refractivity (Wildman–Crippen MR) is 188 cm³/mol. The lowest BCUT2D eigenvalue weighted by Crippen LogP contribution is -2.28. The van der Waals surface area contributed by atoms with Crippen molar-refractivity contribution in [3.8, 4) is 43.4 Å². The molecule has 8 nitrogen and oxygen atoms in total. The molecule has 1 N–H and O–H groups in total. The summed E-state index contributed by atoms with van der Waals surface area (Å²) in [6.07, 6.45) is 2.99. The molecule has 0 radical (unpaired) electrons. The Kier molecular flexibility index (Phi) is 9.01. The highest BCUT2D eigenvalue weighted by molar-refractivity contribution is 7.94. The average molecular weight is 683 g/mol. The molecule has 6 rings (SSSR count). The molecule has 0 atom stereocenters. The van der Waals surface area contributed by atoms with Gasteiger partial charge in [0.15, 0.2) is 9.84 Å². The van der Waals surface area contributed by atoms with Gasteiger partial charge in [-0.1, -0.05) is 48.5 Å². The van der Waals surface area contributed by atoms with Crippen LogP contribution in [0.25, 0.3) is 54.3 Å². The van der Waals surface area contributed by atoms with Crippen LogP contribution >= 0.6 is 23.4 Å². The molecule has 2 heterocycles. The van der Waals surface area contributed by atoms with Crippen LogP contribution in [-0.2, 0) is 23.8 Å². The van der Waals surface area contributed by atoms with E-state index < -0.39 is 20.6 Å². The topological polar surface area (TPSA) is 116 Å². The molecule has 0 aliphatic rings. The molecular formula is C36H30N2O6S3. The molecule has 2 aromatic heterocycles. The van der Waals surface area contributed by atoms with Crippen LogP contribution in [-0.4, -0.2) is 42.8 Å². The van der Waals surface area contributed by atoms with Gasteiger partial charge in [-0.3, -0.25) is 4.98 Å². The molecule has 4 aromatic carbocycles. The summed E-state index contributed by atoms with van der Waals surface area (Å²) in [6.45, 7) is 3.44. The number of hydrogen-bond acceptors (Lipinski definition) is 9. The maximum absolute atomic E-state index is 12.8. The smallest absolute Gasteiger partial charge is 0.335 e. The predicted octanol–water partition coefficient (Wildman–Crippen LogP) is 8.92. The van der Waals surface area contributed by atoms with E-state index in [1.807, 2.05) is 72.8 Å². The molecule has 0 spiro atoms. The van der Waals surface area contributed by atoms with E-state index in [4.69, 9.17) is 14.2 Å². The molecular weight excluding hydrogens is 653 g/mol. The number of nitrogens with zero attached hydrogens (tertiary/aromatic N) is 2. The second-order valence-corrected chi connectivity index (χ2v) is 15.7. The van der Waals surface area contributed by atoms with Crippen molar-refractivity contribution in [2.24, 2.45) is 0 Å². The zero-order valence-electron chi connectivity index (χ0n) is 25.9. The summed E-state index contributed by atoms with van der Waals surface area (Å²) in [6, 6.07) is 30.1. The third-order valence-corrected chi connectivity index (χ3v) is 12.0. The number of pyridine rings is 1. The number of carboxylic acids is 1. The molecule has 6 aromatic rings. The van der Waals surface area contributed by atoms with Crippen LogP contribution < -0.4 is 0 Å². The third-order valence-electron chi connectivity index (χ3n) is 8.07. The van der Waals surface area contributed by atoms with E-state index in [-0.39, 0.29) is 5.56 Å².